The van der Waals surface area contributed by atoms with E-state index in [2.05, 4.69) is 21.2 Å². The molecule has 0 saturated heterocycles. The smallest absolute Gasteiger partial charge is 0.227 e. The Bertz CT molecular complexity index is 408. The van der Waals surface area contributed by atoms with Crippen molar-refractivity contribution in [1.29, 1.82) is 0 Å². The Hall–Kier alpha value is -0.0500. The van der Waals surface area contributed by atoms with Crippen LogP contribution in [0, 0.1) is 23.2 Å². The number of carbonyl (C=O) groups is 1. The van der Waals surface area contributed by atoms with E-state index >= 15 is 0 Å². The van der Waals surface area contributed by atoms with Gasteiger partial charge in [0.05, 0.1) is 5.41 Å². The molecule has 4 rings (SSSR count). The fraction of sp³-hybridized carbons (Fsp3) is 0.941. The monoisotopic (exact) mass is 339 g/mol. The highest BCUT2D eigenvalue weighted by molar-refractivity contribution is 9.09. The number of carbonyl (C=O) groups excluding carboxylic acids is 1. The summed E-state index contributed by atoms with van der Waals surface area (Å²) in [5.41, 5.74) is -0.0583. The number of hydrogen-bond acceptors (Lipinski definition) is 1. The largest absolute Gasteiger partial charge is 0.353 e. The van der Waals surface area contributed by atoms with E-state index in [1.165, 1.54) is 51.4 Å². The average molecular weight is 340 g/mol. The van der Waals surface area contributed by atoms with E-state index in [1.54, 1.807) is 0 Å². The van der Waals surface area contributed by atoms with E-state index in [0.717, 1.165) is 30.6 Å². The molecule has 0 heterocycles. The second-order valence-electron chi connectivity index (χ2n) is 7.90. The van der Waals surface area contributed by atoms with Gasteiger partial charge in [-0.1, -0.05) is 28.8 Å². The van der Waals surface area contributed by atoms with E-state index in [9.17, 15) is 4.79 Å². The number of halogens is 1. The molecule has 5 atom stereocenters. The maximum absolute atomic E-state index is 12.9. The van der Waals surface area contributed by atoms with Crippen LogP contribution in [0.5, 0.6) is 0 Å². The standard InChI is InChI=1S/C17H26BrNO/c18-15-8-11-6-7-17(15,10-11)16(20)19-14-3-1-2-13(9-14)12-4-5-12/h11-15H,1-10H2,(H,19,20)/t11-,13-,14+,15+,17+/m0/s1. The molecule has 4 saturated carbocycles. The van der Waals surface area contributed by atoms with Crippen molar-refractivity contribution in [3.05, 3.63) is 0 Å². The van der Waals surface area contributed by atoms with Crippen molar-refractivity contribution in [3.63, 3.8) is 0 Å². The Morgan fingerprint density at radius 3 is 2.55 bits per heavy atom. The lowest BCUT2D eigenvalue weighted by atomic mass is 9.80. The number of amides is 1. The van der Waals surface area contributed by atoms with E-state index in [0.29, 0.717) is 16.8 Å². The SMILES string of the molecule is O=C(N[C@@H]1CCC[C@H](C2CC2)C1)[C@@]12CC[C@@H](C[C@H]1Br)C2. The first-order valence-electron chi connectivity index (χ1n) is 8.62. The first kappa shape index (κ1) is 13.6. The zero-order valence-electron chi connectivity index (χ0n) is 12.2. The predicted molar refractivity (Wildman–Crippen MR) is 83.7 cm³/mol. The number of fused-ring (bicyclic) bond motifs is 2. The Kier molecular flexibility index (Phi) is 3.40. The van der Waals surface area contributed by atoms with Gasteiger partial charge in [0.15, 0.2) is 0 Å². The second kappa shape index (κ2) is 5.00. The molecule has 4 aliphatic carbocycles. The topological polar surface area (TPSA) is 29.1 Å². The predicted octanol–water partition coefficient (Wildman–Crippen LogP) is 4.03. The molecule has 1 amide bonds. The van der Waals surface area contributed by atoms with Gasteiger partial charge >= 0.3 is 0 Å². The van der Waals surface area contributed by atoms with Gasteiger partial charge in [-0.3, -0.25) is 4.79 Å². The molecule has 0 radical (unpaired) electrons. The van der Waals surface area contributed by atoms with Crippen LogP contribution in [0.1, 0.15) is 64.2 Å². The highest BCUT2D eigenvalue weighted by Gasteiger charge is 2.56. The van der Waals surface area contributed by atoms with Gasteiger partial charge < -0.3 is 5.32 Å². The third-order valence-corrected chi connectivity index (χ3v) is 7.83. The zero-order chi connectivity index (χ0) is 13.7. The molecule has 4 aliphatic rings. The lowest BCUT2D eigenvalue weighted by Crippen LogP contribution is -2.48. The summed E-state index contributed by atoms with van der Waals surface area (Å²) in [5, 5.41) is 3.45. The maximum atomic E-state index is 12.9. The lowest BCUT2D eigenvalue weighted by Gasteiger charge is -2.35. The van der Waals surface area contributed by atoms with Crippen LogP contribution in [0.3, 0.4) is 0 Å². The van der Waals surface area contributed by atoms with Crippen molar-refractivity contribution >= 4 is 21.8 Å². The van der Waals surface area contributed by atoms with Crippen molar-refractivity contribution in [1.82, 2.24) is 5.32 Å². The molecular formula is C17H26BrNO. The molecule has 20 heavy (non-hydrogen) atoms. The molecule has 3 heteroatoms. The minimum absolute atomic E-state index is 0.0583. The summed E-state index contributed by atoms with van der Waals surface area (Å²) in [6, 6.07) is 0.468. The van der Waals surface area contributed by atoms with Crippen LogP contribution >= 0.6 is 15.9 Å². The van der Waals surface area contributed by atoms with Crippen LogP contribution < -0.4 is 5.32 Å². The van der Waals surface area contributed by atoms with Crippen molar-refractivity contribution in [2.75, 3.05) is 0 Å². The summed E-state index contributed by atoms with van der Waals surface area (Å²) in [6.45, 7) is 0. The fourth-order valence-corrected chi connectivity index (χ4v) is 6.37. The van der Waals surface area contributed by atoms with E-state index < -0.39 is 0 Å². The Balaban J connectivity index is 1.39. The molecule has 4 fully saturated rings. The van der Waals surface area contributed by atoms with Crippen LogP contribution in [-0.4, -0.2) is 16.8 Å². The first-order chi connectivity index (χ1) is 9.67. The van der Waals surface area contributed by atoms with Crippen molar-refractivity contribution in [3.8, 4) is 0 Å². The summed E-state index contributed by atoms with van der Waals surface area (Å²) in [7, 11) is 0. The molecule has 2 bridgehead atoms. The van der Waals surface area contributed by atoms with Gasteiger partial charge in [0.1, 0.15) is 0 Å². The third-order valence-electron chi connectivity index (χ3n) is 6.58. The van der Waals surface area contributed by atoms with Crippen LogP contribution in [0.2, 0.25) is 0 Å². The Morgan fingerprint density at radius 2 is 1.90 bits per heavy atom. The quantitative estimate of drug-likeness (QED) is 0.773. The van der Waals surface area contributed by atoms with Gasteiger partial charge in [-0.15, -0.1) is 0 Å². The molecule has 1 N–H and O–H groups in total. The second-order valence-corrected chi connectivity index (χ2v) is 9.01. The summed E-state index contributed by atoms with van der Waals surface area (Å²) < 4.78 is 0. The van der Waals surface area contributed by atoms with E-state index in [-0.39, 0.29) is 5.41 Å². The maximum Gasteiger partial charge on any atom is 0.227 e. The molecule has 112 valence electrons. The number of rotatable bonds is 3. The van der Waals surface area contributed by atoms with Crippen LogP contribution in [-0.2, 0) is 4.79 Å². The summed E-state index contributed by atoms with van der Waals surface area (Å²) in [4.78, 5) is 13.3. The van der Waals surface area contributed by atoms with Crippen LogP contribution in [0.25, 0.3) is 0 Å². The summed E-state index contributed by atoms with van der Waals surface area (Å²) in [5.74, 6) is 3.09. The molecule has 0 unspecified atom stereocenters. The number of hydrogen-bond donors (Lipinski definition) is 1. The minimum Gasteiger partial charge on any atom is -0.353 e. The van der Waals surface area contributed by atoms with Crippen molar-refractivity contribution in [2.45, 2.75) is 75.1 Å². The van der Waals surface area contributed by atoms with Crippen molar-refractivity contribution in [2.24, 2.45) is 23.2 Å². The van der Waals surface area contributed by atoms with Gasteiger partial charge in [-0.05, 0) is 69.1 Å². The number of alkyl halides is 1. The third kappa shape index (κ3) is 2.24. The lowest BCUT2D eigenvalue weighted by molar-refractivity contribution is -0.131. The zero-order valence-corrected chi connectivity index (χ0v) is 13.8. The van der Waals surface area contributed by atoms with E-state index in [1.807, 2.05) is 0 Å². The van der Waals surface area contributed by atoms with Gasteiger partial charge in [-0.2, -0.15) is 0 Å². The highest BCUT2D eigenvalue weighted by atomic mass is 79.9. The molecule has 0 aliphatic heterocycles. The molecule has 0 aromatic rings. The molecule has 2 nitrogen and oxygen atoms in total. The fourth-order valence-electron chi connectivity index (χ4n) is 5.22. The number of nitrogens with one attached hydrogen (secondary N) is 1. The molecular weight excluding hydrogens is 314 g/mol. The molecule has 0 aromatic carbocycles. The summed E-state index contributed by atoms with van der Waals surface area (Å²) >= 11 is 3.80. The minimum atomic E-state index is -0.0583. The van der Waals surface area contributed by atoms with E-state index in [4.69, 9.17) is 0 Å². The normalized spacial score (nSPS) is 47.5. The van der Waals surface area contributed by atoms with Crippen molar-refractivity contribution < 1.29 is 4.79 Å². The van der Waals surface area contributed by atoms with Crippen LogP contribution in [0.4, 0.5) is 0 Å². The molecule has 0 aromatic heterocycles. The summed E-state index contributed by atoms with van der Waals surface area (Å²) in [6.07, 6.45) is 12.8. The highest BCUT2D eigenvalue weighted by Crippen LogP contribution is 2.57. The van der Waals surface area contributed by atoms with Gasteiger partial charge in [0.2, 0.25) is 5.91 Å². The first-order valence-corrected chi connectivity index (χ1v) is 9.54. The molecule has 0 spiro atoms. The average Bonchev–Trinajstić information content (AvgIpc) is 3.13. The Morgan fingerprint density at radius 1 is 1.05 bits per heavy atom. The van der Waals surface area contributed by atoms with Gasteiger partial charge in [-0.25, -0.2) is 0 Å². The van der Waals surface area contributed by atoms with Crippen LogP contribution in [0.15, 0.2) is 0 Å². The van der Waals surface area contributed by atoms with Gasteiger partial charge in [0.25, 0.3) is 0 Å². The Labute approximate surface area is 130 Å². The van der Waals surface area contributed by atoms with Gasteiger partial charge in [0, 0.05) is 10.9 Å².